The molecule has 0 aromatic heterocycles. The normalized spacial score (nSPS) is 23.4. The molecule has 0 bridgehead atoms. The topological polar surface area (TPSA) is 86.2 Å². The molecule has 3 rings (SSSR count). The van der Waals surface area contributed by atoms with Gasteiger partial charge in [-0.05, 0) is 46.9 Å². The zero-order chi connectivity index (χ0) is 13.2. The summed E-state index contributed by atoms with van der Waals surface area (Å²) in [6.45, 7) is 4.10. The second kappa shape index (κ2) is 3.34. The molecule has 4 nitrogen and oxygen atoms in total. The number of hydrogen-bond donors (Lipinski definition) is 2. The molecular weight excluding hydrogens is 228 g/mol. The Morgan fingerprint density at radius 2 is 1.22 bits per heavy atom. The highest BCUT2D eigenvalue weighted by atomic mass is 16.1. The molecule has 2 amide bonds. The smallest absolute Gasteiger partial charge is 0.249 e. The van der Waals surface area contributed by atoms with E-state index in [0.717, 1.165) is 35.1 Å². The first-order chi connectivity index (χ1) is 8.43. The third-order valence-electron chi connectivity index (χ3n) is 4.29. The van der Waals surface area contributed by atoms with Crippen molar-refractivity contribution < 1.29 is 9.59 Å². The molecule has 1 aromatic carbocycles. The van der Waals surface area contributed by atoms with Gasteiger partial charge in [0.25, 0.3) is 0 Å². The largest absolute Gasteiger partial charge is 0.366 e. The van der Waals surface area contributed by atoms with E-state index in [-0.39, 0.29) is 11.8 Å². The fraction of sp³-hybridized carbons (Fsp3) is 0.429. The quantitative estimate of drug-likeness (QED) is 0.819. The Balaban J connectivity index is 2.37. The molecular formula is C14H16N2O2. The number of rotatable bonds is 2. The van der Waals surface area contributed by atoms with E-state index in [0.29, 0.717) is 23.0 Å². The van der Waals surface area contributed by atoms with E-state index in [2.05, 4.69) is 0 Å². The van der Waals surface area contributed by atoms with Gasteiger partial charge in [0.2, 0.25) is 11.8 Å². The number of amides is 2. The summed E-state index contributed by atoms with van der Waals surface area (Å²) in [6, 6.07) is 0. The maximum Gasteiger partial charge on any atom is 0.249 e. The summed E-state index contributed by atoms with van der Waals surface area (Å²) in [6.07, 6.45) is 1.63. The first kappa shape index (κ1) is 11.3. The molecule has 18 heavy (non-hydrogen) atoms. The van der Waals surface area contributed by atoms with Crippen molar-refractivity contribution in [3.05, 3.63) is 33.4 Å². The Labute approximate surface area is 105 Å². The molecule has 0 fully saturated rings. The van der Waals surface area contributed by atoms with E-state index in [4.69, 9.17) is 11.5 Å². The maximum absolute atomic E-state index is 11.7. The Morgan fingerprint density at radius 1 is 0.889 bits per heavy atom. The molecule has 2 aliphatic carbocycles. The zero-order valence-electron chi connectivity index (χ0n) is 10.5. The second-order valence-electron chi connectivity index (χ2n) is 5.47. The van der Waals surface area contributed by atoms with Crippen LogP contribution in [-0.4, -0.2) is 11.8 Å². The summed E-state index contributed by atoms with van der Waals surface area (Å²) in [5.74, 6) is -0.169. The van der Waals surface area contributed by atoms with Crippen LogP contribution in [0, 0.1) is 0 Å². The Kier molecular flexibility index (Phi) is 2.09. The average molecular weight is 244 g/mol. The average Bonchev–Trinajstić information content (AvgIpc) is 2.26. The second-order valence-corrected chi connectivity index (χ2v) is 5.47. The fourth-order valence-electron chi connectivity index (χ4n) is 3.53. The fourth-order valence-corrected chi connectivity index (χ4v) is 3.53. The van der Waals surface area contributed by atoms with Gasteiger partial charge in [0.15, 0.2) is 0 Å². The predicted octanol–water partition coefficient (Wildman–Crippen LogP) is 1.20. The van der Waals surface area contributed by atoms with Crippen molar-refractivity contribution in [2.24, 2.45) is 11.5 Å². The van der Waals surface area contributed by atoms with Crippen LogP contribution < -0.4 is 11.5 Å². The van der Waals surface area contributed by atoms with Gasteiger partial charge in [-0.15, -0.1) is 0 Å². The number of nitrogens with two attached hydrogens (primary N) is 2. The van der Waals surface area contributed by atoms with E-state index in [9.17, 15) is 9.59 Å². The van der Waals surface area contributed by atoms with Crippen LogP contribution in [0.1, 0.15) is 68.7 Å². The van der Waals surface area contributed by atoms with Crippen LogP contribution in [-0.2, 0) is 12.8 Å². The Bertz CT molecular complexity index is 551. The minimum Gasteiger partial charge on any atom is -0.366 e. The molecule has 0 heterocycles. The molecule has 2 unspecified atom stereocenters. The van der Waals surface area contributed by atoms with Crippen molar-refractivity contribution in [2.75, 3.05) is 0 Å². The summed E-state index contributed by atoms with van der Waals surface area (Å²) >= 11 is 0. The first-order valence-corrected chi connectivity index (χ1v) is 6.24. The van der Waals surface area contributed by atoms with Crippen LogP contribution in [0.15, 0.2) is 0 Å². The third kappa shape index (κ3) is 1.15. The molecule has 0 saturated heterocycles. The van der Waals surface area contributed by atoms with E-state index in [1.165, 1.54) is 0 Å². The van der Waals surface area contributed by atoms with Crippen molar-refractivity contribution >= 4 is 11.8 Å². The van der Waals surface area contributed by atoms with E-state index >= 15 is 0 Å². The van der Waals surface area contributed by atoms with Gasteiger partial charge in [0.05, 0.1) is 0 Å². The van der Waals surface area contributed by atoms with Crippen LogP contribution in [0.25, 0.3) is 0 Å². The van der Waals surface area contributed by atoms with Crippen molar-refractivity contribution in [2.45, 2.75) is 38.5 Å². The molecule has 94 valence electrons. The number of carbonyl (C=O) groups excluding carboxylic acids is 2. The summed E-state index contributed by atoms with van der Waals surface area (Å²) in [7, 11) is 0. The molecule has 2 aliphatic rings. The predicted molar refractivity (Wildman–Crippen MR) is 67.7 cm³/mol. The number of hydrogen-bond acceptors (Lipinski definition) is 2. The first-order valence-electron chi connectivity index (χ1n) is 6.24. The van der Waals surface area contributed by atoms with E-state index < -0.39 is 0 Å². The summed E-state index contributed by atoms with van der Waals surface area (Å²) in [5, 5.41) is 0. The Morgan fingerprint density at radius 3 is 1.44 bits per heavy atom. The van der Waals surface area contributed by atoms with Gasteiger partial charge in [-0.2, -0.15) is 0 Å². The lowest BCUT2D eigenvalue weighted by Gasteiger charge is -2.40. The molecule has 4 heteroatoms. The SMILES string of the molecule is CC1Cc2c(C(N)=O)c3c(c(C(N)=O)c21)CC3C. The van der Waals surface area contributed by atoms with E-state index in [1.807, 2.05) is 13.8 Å². The van der Waals surface area contributed by atoms with Gasteiger partial charge in [-0.3, -0.25) is 9.59 Å². The summed E-state index contributed by atoms with van der Waals surface area (Å²) in [5.41, 5.74) is 16.1. The number of carbonyl (C=O) groups is 2. The van der Waals surface area contributed by atoms with Gasteiger partial charge in [-0.25, -0.2) is 0 Å². The lowest BCUT2D eigenvalue weighted by atomic mass is 9.63. The van der Waals surface area contributed by atoms with Gasteiger partial charge in [-0.1, -0.05) is 13.8 Å². The zero-order valence-corrected chi connectivity index (χ0v) is 10.5. The Hall–Kier alpha value is -1.84. The number of fused-ring (bicyclic) bond motifs is 2. The van der Waals surface area contributed by atoms with Gasteiger partial charge >= 0.3 is 0 Å². The highest BCUT2D eigenvalue weighted by Crippen LogP contribution is 2.49. The number of benzene rings is 1. The van der Waals surface area contributed by atoms with Gasteiger partial charge in [0.1, 0.15) is 0 Å². The van der Waals surface area contributed by atoms with Crippen LogP contribution in [0.5, 0.6) is 0 Å². The monoisotopic (exact) mass is 244 g/mol. The van der Waals surface area contributed by atoms with Gasteiger partial charge < -0.3 is 11.5 Å². The highest BCUT2D eigenvalue weighted by Gasteiger charge is 2.41. The molecule has 0 spiro atoms. The lowest BCUT2D eigenvalue weighted by Crippen LogP contribution is -2.35. The van der Waals surface area contributed by atoms with Gasteiger partial charge in [0, 0.05) is 11.1 Å². The van der Waals surface area contributed by atoms with Crippen molar-refractivity contribution in [1.82, 2.24) is 0 Å². The number of primary amides is 2. The van der Waals surface area contributed by atoms with Crippen molar-refractivity contribution in [3.8, 4) is 0 Å². The van der Waals surface area contributed by atoms with E-state index in [1.54, 1.807) is 0 Å². The molecule has 0 aliphatic heterocycles. The molecule has 4 N–H and O–H groups in total. The van der Waals surface area contributed by atoms with Crippen LogP contribution in [0.4, 0.5) is 0 Å². The molecule has 1 aromatic rings. The van der Waals surface area contributed by atoms with Crippen molar-refractivity contribution in [1.29, 1.82) is 0 Å². The lowest BCUT2D eigenvalue weighted by molar-refractivity contribution is 0.0980. The van der Waals surface area contributed by atoms with Crippen LogP contribution in [0.2, 0.25) is 0 Å². The molecule has 0 saturated carbocycles. The standard InChI is InChI=1S/C14H16N2O2/c1-5-3-7-9(5)11(13(15)17)8-4-6(2)10(8)12(7)14(16)18/h5-6H,3-4H2,1-2H3,(H2,15,17)(H2,16,18). The van der Waals surface area contributed by atoms with Crippen LogP contribution >= 0.6 is 0 Å². The van der Waals surface area contributed by atoms with Crippen LogP contribution in [0.3, 0.4) is 0 Å². The minimum atomic E-state index is -0.378. The molecule has 2 atom stereocenters. The summed E-state index contributed by atoms with van der Waals surface area (Å²) in [4.78, 5) is 23.3. The molecule has 0 radical (unpaired) electrons. The third-order valence-corrected chi connectivity index (χ3v) is 4.29. The minimum absolute atomic E-state index is 0.293. The maximum atomic E-state index is 11.7. The highest BCUT2D eigenvalue weighted by molar-refractivity contribution is 6.04. The summed E-state index contributed by atoms with van der Waals surface area (Å²) < 4.78 is 0. The van der Waals surface area contributed by atoms with Crippen molar-refractivity contribution in [3.63, 3.8) is 0 Å².